The zero-order valence-corrected chi connectivity index (χ0v) is 20.7. The van der Waals surface area contributed by atoms with Crippen LogP contribution in [0.3, 0.4) is 0 Å². The second-order valence-corrected chi connectivity index (χ2v) is 7.09. The standard InChI is InChI=1S/C18H24N12O3.2ClH/c1-28-9(6-13(21)25-28)17(32)23-15-8-11(30(3)27-15)18(33)24-14-7-10(29(2)26-14)16(31)22-5-4-12(19)20;;/h6-8H,4-5H2,1-3H3,(H3,19,20)(H2,21,25)(H,22,31)(H,23,27,32)(H,24,26,33);2*1H. The smallest absolute Gasteiger partial charge is 0.275 e. The predicted molar refractivity (Wildman–Crippen MR) is 133 cm³/mol. The van der Waals surface area contributed by atoms with Gasteiger partial charge in [-0.2, -0.15) is 15.3 Å². The van der Waals surface area contributed by atoms with Crippen LogP contribution in [0, 0.1) is 5.41 Å². The Morgan fingerprint density at radius 1 is 0.829 bits per heavy atom. The summed E-state index contributed by atoms with van der Waals surface area (Å²) < 4.78 is 3.93. The van der Waals surface area contributed by atoms with Gasteiger partial charge in [0.05, 0.1) is 5.84 Å². The number of halogens is 2. The molecule has 3 rings (SSSR count). The van der Waals surface area contributed by atoms with E-state index in [4.69, 9.17) is 16.9 Å². The van der Waals surface area contributed by atoms with Crippen molar-refractivity contribution >= 4 is 65.8 Å². The van der Waals surface area contributed by atoms with Crippen molar-refractivity contribution in [1.82, 2.24) is 34.7 Å². The molecule has 0 saturated heterocycles. The van der Waals surface area contributed by atoms with Gasteiger partial charge in [-0.1, -0.05) is 0 Å². The number of nitrogens with one attached hydrogen (secondary N) is 4. The minimum atomic E-state index is -0.545. The number of carbonyl (C=O) groups is 3. The van der Waals surface area contributed by atoms with Crippen LogP contribution < -0.4 is 27.4 Å². The first-order chi connectivity index (χ1) is 15.5. The number of anilines is 3. The number of hydrogen-bond acceptors (Lipinski definition) is 8. The molecular weight excluding hydrogens is 503 g/mol. The quantitative estimate of drug-likeness (QED) is 0.170. The molecule has 8 N–H and O–H groups in total. The molecule has 15 nitrogen and oxygen atoms in total. The van der Waals surface area contributed by atoms with Crippen molar-refractivity contribution < 1.29 is 14.4 Å². The predicted octanol–water partition coefficient (Wildman–Crippen LogP) is -0.127. The van der Waals surface area contributed by atoms with Gasteiger partial charge in [-0.3, -0.25) is 33.8 Å². The maximum absolute atomic E-state index is 12.7. The Morgan fingerprint density at radius 2 is 1.26 bits per heavy atom. The van der Waals surface area contributed by atoms with Crippen molar-refractivity contribution in [2.75, 3.05) is 22.9 Å². The van der Waals surface area contributed by atoms with Crippen LogP contribution in [0.2, 0.25) is 0 Å². The number of amides is 3. The number of aromatic nitrogens is 6. The molecule has 3 heterocycles. The van der Waals surface area contributed by atoms with Crippen LogP contribution in [-0.4, -0.2) is 59.4 Å². The number of aryl methyl sites for hydroxylation is 3. The molecule has 0 aliphatic heterocycles. The second-order valence-electron chi connectivity index (χ2n) is 7.09. The first-order valence-corrected chi connectivity index (χ1v) is 9.66. The van der Waals surface area contributed by atoms with Gasteiger partial charge in [-0.15, -0.1) is 24.8 Å². The molecule has 0 aliphatic rings. The maximum atomic E-state index is 12.7. The lowest BCUT2D eigenvalue weighted by Gasteiger charge is -2.03. The van der Waals surface area contributed by atoms with E-state index in [9.17, 15) is 14.4 Å². The van der Waals surface area contributed by atoms with E-state index in [0.29, 0.717) is 0 Å². The fourth-order valence-corrected chi connectivity index (χ4v) is 2.95. The molecule has 190 valence electrons. The largest absolute Gasteiger partial charge is 0.388 e. The van der Waals surface area contributed by atoms with Crippen LogP contribution in [0.25, 0.3) is 0 Å². The molecule has 0 bridgehead atoms. The van der Waals surface area contributed by atoms with Crippen molar-refractivity contribution in [2.24, 2.45) is 26.9 Å². The minimum absolute atomic E-state index is 0. The fourth-order valence-electron chi connectivity index (χ4n) is 2.95. The van der Waals surface area contributed by atoms with E-state index in [0.717, 1.165) is 0 Å². The number of rotatable bonds is 8. The molecule has 35 heavy (non-hydrogen) atoms. The van der Waals surface area contributed by atoms with Gasteiger partial charge in [0.15, 0.2) is 11.6 Å². The Kier molecular flexibility index (Phi) is 9.79. The molecule has 3 amide bonds. The van der Waals surface area contributed by atoms with Crippen LogP contribution in [0.4, 0.5) is 17.5 Å². The first-order valence-electron chi connectivity index (χ1n) is 9.66. The average molecular weight is 529 g/mol. The topological polar surface area (TPSA) is 217 Å². The summed E-state index contributed by atoms with van der Waals surface area (Å²) in [5.41, 5.74) is 11.4. The number of hydrogen-bond donors (Lipinski definition) is 6. The lowest BCUT2D eigenvalue weighted by molar-refractivity contribution is 0.0943. The van der Waals surface area contributed by atoms with Crippen LogP contribution >= 0.6 is 24.8 Å². The number of nitrogen functional groups attached to an aromatic ring is 1. The molecule has 17 heteroatoms. The molecule has 0 aromatic carbocycles. The van der Waals surface area contributed by atoms with Gasteiger partial charge in [-0.25, -0.2) is 0 Å². The summed E-state index contributed by atoms with van der Waals surface area (Å²) in [5, 5.41) is 27.1. The lowest BCUT2D eigenvalue weighted by Crippen LogP contribution is -2.29. The highest BCUT2D eigenvalue weighted by molar-refractivity contribution is 6.06. The molecule has 0 saturated carbocycles. The van der Waals surface area contributed by atoms with Gasteiger partial charge >= 0.3 is 0 Å². The summed E-state index contributed by atoms with van der Waals surface area (Å²) in [4.78, 5) is 37.4. The van der Waals surface area contributed by atoms with E-state index in [1.165, 1.54) is 32.2 Å². The van der Waals surface area contributed by atoms with E-state index in [-0.39, 0.29) is 78.2 Å². The first kappa shape index (κ1) is 28.9. The van der Waals surface area contributed by atoms with Crippen molar-refractivity contribution in [3.63, 3.8) is 0 Å². The van der Waals surface area contributed by atoms with Crippen LogP contribution in [0.1, 0.15) is 37.9 Å². The van der Waals surface area contributed by atoms with Gasteiger partial charge < -0.3 is 27.4 Å². The summed E-state index contributed by atoms with van der Waals surface area (Å²) >= 11 is 0. The molecule has 0 spiro atoms. The van der Waals surface area contributed by atoms with Crippen molar-refractivity contribution in [2.45, 2.75) is 6.42 Å². The molecule has 0 unspecified atom stereocenters. The molecule has 3 aromatic rings. The van der Waals surface area contributed by atoms with Crippen molar-refractivity contribution in [3.8, 4) is 0 Å². The number of nitrogens with zero attached hydrogens (tertiary/aromatic N) is 6. The summed E-state index contributed by atoms with van der Waals surface area (Å²) in [6.45, 7) is 0.204. The lowest BCUT2D eigenvalue weighted by atomic mass is 10.3. The number of amidine groups is 1. The average Bonchev–Trinajstić information content (AvgIpc) is 3.37. The van der Waals surface area contributed by atoms with Gasteiger partial charge in [0, 0.05) is 52.3 Å². The zero-order valence-electron chi connectivity index (χ0n) is 19.0. The Labute approximate surface area is 211 Å². The Bertz CT molecular complexity index is 1250. The third-order valence-corrected chi connectivity index (χ3v) is 4.52. The van der Waals surface area contributed by atoms with Gasteiger partial charge in [0.2, 0.25) is 0 Å². The summed E-state index contributed by atoms with van der Waals surface area (Å²) in [6.07, 6.45) is 0.223. The molecule has 0 radical (unpaired) electrons. The van der Waals surface area contributed by atoms with Crippen LogP contribution in [0.15, 0.2) is 18.2 Å². The highest BCUT2D eigenvalue weighted by Crippen LogP contribution is 2.14. The Balaban J connectivity index is 0.00000306. The molecular formula is C18H26Cl2N12O3. The zero-order chi connectivity index (χ0) is 24.3. The van der Waals surface area contributed by atoms with Crippen molar-refractivity contribution in [3.05, 3.63) is 35.3 Å². The van der Waals surface area contributed by atoms with Crippen LogP contribution in [0.5, 0.6) is 0 Å². The molecule has 3 aromatic heterocycles. The highest BCUT2D eigenvalue weighted by Gasteiger charge is 2.20. The van der Waals surface area contributed by atoms with E-state index in [1.54, 1.807) is 21.1 Å². The summed E-state index contributed by atoms with van der Waals surface area (Å²) in [5.74, 6) is -0.993. The summed E-state index contributed by atoms with van der Waals surface area (Å²) in [7, 11) is 4.67. The van der Waals surface area contributed by atoms with E-state index in [1.807, 2.05) is 0 Å². The van der Waals surface area contributed by atoms with E-state index >= 15 is 0 Å². The van der Waals surface area contributed by atoms with E-state index in [2.05, 4.69) is 31.2 Å². The minimum Gasteiger partial charge on any atom is -0.388 e. The van der Waals surface area contributed by atoms with E-state index < -0.39 is 17.7 Å². The van der Waals surface area contributed by atoms with Gasteiger partial charge in [0.1, 0.15) is 22.9 Å². The van der Waals surface area contributed by atoms with Gasteiger partial charge in [-0.05, 0) is 0 Å². The van der Waals surface area contributed by atoms with Crippen LogP contribution in [-0.2, 0) is 21.1 Å². The normalized spacial score (nSPS) is 10.0. The molecule has 0 aliphatic carbocycles. The highest BCUT2D eigenvalue weighted by atomic mass is 35.5. The van der Waals surface area contributed by atoms with Gasteiger partial charge in [0.25, 0.3) is 17.7 Å². The SMILES string of the molecule is Cl.Cl.Cn1nc(NC(=O)c2cc(NC(=O)c3cc(N)nn3C)nn2C)cc1C(=O)NCCC(=N)N. The Morgan fingerprint density at radius 3 is 1.69 bits per heavy atom. The number of nitrogens with two attached hydrogens (primary N) is 2. The maximum Gasteiger partial charge on any atom is 0.275 e. The molecule has 0 fully saturated rings. The number of carbonyl (C=O) groups excluding carboxylic acids is 3. The monoisotopic (exact) mass is 528 g/mol. The van der Waals surface area contributed by atoms with Crippen molar-refractivity contribution in [1.29, 1.82) is 5.41 Å². The summed E-state index contributed by atoms with van der Waals surface area (Å²) in [6, 6.07) is 4.22. The Hall–Kier alpha value is -4.11. The third-order valence-electron chi connectivity index (χ3n) is 4.52. The fraction of sp³-hybridized carbons (Fsp3) is 0.278. The third kappa shape index (κ3) is 6.94. The molecule has 0 atom stereocenters. The second kappa shape index (κ2) is 11.8.